The van der Waals surface area contributed by atoms with Crippen molar-refractivity contribution in [1.29, 1.82) is 5.26 Å². The maximum absolute atomic E-state index is 13.1. The van der Waals surface area contributed by atoms with Gasteiger partial charge < -0.3 is 5.32 Å². The summed E-state index contributed by atoms with van der Waals surface area (Å²) >= 11 is 0. The molecule has 1 aliphatic heterocycles. The Morgan fingerprint density at radius 3 is 2.25 bits per heavy atom. The fraction of sp³-hybridized carbons (Fsp3) is 0.440. The number of hydrogen-bond acceptors (Lipinski definition) is 4. The molecule has 0 aliphatic carbocycles. The molecule has 3 rings (SSSR count). The number of hydrogen-bond donors (Lipinski definition) is 1. The van der Waals surface area contributed by atoms with Gasteiger partial charge in [0.25, 0.3) is 0 Å². The third-order valence-electron chi connectivity index (χ3n) is 6.43. The van der Waals surface area contributed by atoms with Gasteiger partial charge in [0.15, 0.2) is 0 Å². The normalized spacial score (nSPS) is 16.4. The molecule has 32 heavy (non-hydrogen) atoms. The summed E-state index contributed by atoms with van der Waals surface area (Å²) in [5.74, 6) is 0.0951. The van der Waals surface area contributed by atoms with Crippen LogP contribution in [0.25, 0.3) is 0 Å². The number of carbonyl (C=O) groups excluding carboxylic acids is 1. The molecule has 1 heterocycles. The minimum atomic E-state index is -3.76. The molecule has 6 nitrogen and oxygen atoms in total. The van der Waals surface area contributed by atoms with Gasteiger partial charge in [0.05, 0.1) is 16.5 Å². The van der Waals surface area contributed by atoms with E-state index in [2.05, 4.69) is 19.2 Å². The Balaban J connectivity index is 1.69. The van der Waals surface area contributed by atoms with E-state index in [1.807, 2.05) is 36.4 Å². The number of sulfonamides is 1. The fourth-order valence-corrected chi connectivity index (χ4v) is 6.06. The van der Waals surface area contributed by atoms with Crippen LogP contribution in [0.15, 0.2) is 59.5 Å². The molecular formula is C25H31N3O3S. The summed E-state index contributed by atoms with van der Waals surface area (Å²) in [6.07, 6.45) is 2.85. The van der Waals surface area contributed by atoms with E-state index in [1.54, 1.807) is 12.1 Å². The summed E-state index contributed by atoms with van der Waals surface area (Å²) in [6, 6.07) is 18.2. The van der Waals surface area contributed by atoms with Crippen molar-refractivity contribution in [2.75, 3.05) is 13.1 Å². The van der Waals surface area contributed by atoms with E-state index in [4.69, 9.17) is 0 Å². The summed E-state index contributed by atoms with van der Waals surface area (Å²) < 4.78 is 27.5. The molecule has 2 aromatic rings. The Hall–Kier alpha value is -2.69. The Kier molecular flexibility index (Phi) is 8.05. The molecule has 0 bridgehead atoms. The van der Waals surface area contributed by atoms with Crippen molar-refractivity contribution in [3.63, 3.8) is 0 Å². The maximum atomic E-state index is 13.1. The van der Waals surface area contributed by atoms with Crippen LogP contribution in [0, 0.1) is 23.2 Å². The molecule has 0 saturated carbocycles. The van der Waals surface area contributed by atoms with Crippen LogP contribution < -0.4 is 5.32 Å². The summed E-state index contributed by atoms with van der Waals surface area (Å²) in [5.41, 5.74) is 1.24. The van der Waals surface area contributed by atoms with E-state index in [-0.39, 0.29) is 41.4 Å². The second-order valence-electron chi connectivity index (χ2n) is 8.26. The third-order valence-corrected chi connectivity index (χ3v) is 8.38. The predicted molar refractivity (Wildman–Crippen MR) is 124 cm³/mol. The van der Waals surface area contributed by atoms with E-state index in [9.17, 15) is 18.5 Å². The van der Waals surface area contributed by atoms with Gasteiger partial charge in [-0.1, -0.05) is 69.2 Å². The molecule has 7 heteroatoms. The van der Waals surface area contributed by atoms with Crippen LogP contribution in [0.2, 0.25) is 0 Å². The van der Waals surface area contributed by atoms with Crippen LogP contribution in [0.3, 0.4) is 0 Å². The highest BCUT2D eigenvalue weighted by atomic mass is 32.2. The number of carbonyl (C=O) groups is 1. The smallest absolute Gasteiger partial charge is 0.244 e. The van der Waals surface area contributed by atoms with Gasteiger partial charge in [-0.05, 0) is 36.5 Å². The van der Waals surface area contributed by atoms with E-state index >= 15 is 0 Å². The van der Waals surface area contributed by atoms with Crippen LogP contribution in [-0.2, 0) is 14.8 Å². The molecule has 170 valence electrons. The minimum Gasteiger partial charge on any atom is -0.349 e. The van der Waals surface area contributed by atoms with Gasteiger partial charge in [0.2, 0.25) is 15.9 Å². The van der Waals surface area contributed by atoms with Gasteiger partial charge in [0.1, 0.15) is 6.07 Å². The van der Waals surface area contributed by atoms with E-state index in [0.717, 1.165) is 18.4 Å². The zero-order valence-electron chi connectivity index (χ0n) is 18.7. The second kappa shape index (κ2) is 10.8. The average molecular weight is 454 g/mol. The van der Waals surface area contributed by atoms with Crippen molar-refractivity contribution in [3.05, 3.63) is 65.7 Å². The standard InChI is InChI=1S/C25H31N3O3S/c1-3-19(4-2)24(20-10-6-5-7-11-20)27-25(29)21-14-16-28(17-15-21)32(30,31)23-13-9-8-12-22(23)18-26/h5-13,19,21,24H,3-4,14-17H2,1-2H3,(H,27,29). The first-order valence-electron chi connectivity index (χ1n) is 11.3. The third kappa shape index (κ3) is 5.20. The number of nitrogens with zero attached hydrogens (tertiary/aromatic N) is 2. The Labute approximate surface area is 191 Å². The SMILES string of the molecule is CCC(CC)C(NC(=O)C1CCN(S(=O)(=O)c2ccccc2C#N)CC1)c1ccccc1. The molecule has 1 atom stereocenters. The minimum absolute atomic E-state index is 0.0137. The maximum Gasteiger partial charge on any atom is 0.244 e. The first-order valence-corrected chi connectivity index (χ1v) is 12.7. The molecule has 1 saturated heterocycles. The zero-order valence-corrected chi connectivity index (χ0v) is 19.5. The molecule has 1 fully saturated rings. The molecule has 0 radical (unpaired) electrons. The summed E-state index contributed by atoms with van der Waals surface area (Å²) in [7, 11) is -3.76. The number of nitriles is 1. The van der Waals surface area contributed by atoms with Crippen molar-refractivity contribution in [1.82, 2.24) is 9.62 Å². The highest BCUT2D eigenvalue weighted by Crippen LogP contribution is 2.30. The number of rotatable bonds is 8. The Bertz CT molecular complexity index is 1050. The van der Waals surface area contributed by atoms with Crippen LogP contribution in [0.5, 0.6) is 0 Å². The van der Waals surface area contributed by atoms with Gasteiger partial charge in [-0.2, -0.15) is 9.57 Å². The van der Waals surface area contributed by atoms with Crippen molar-refractivity contribution in [2.45, 2.75) is 50.5 Å². The van der Waals surface area contributed by atoms with Crippen molar-refractivity contribution in [2.24, 2.45) is 11.8 Å². The van der Waals surface area contributed by atoms with Crippen LogP contribution in [0.1, 0.15) is 56.7 Å². The Morgan fingerprint density at radius 1 is 1.06 bits per heavy atom. The van der Waals surface area contributed by atoms with E-state index in [0.29, 0.717) is 18.8 Å². The van der Waals surface area contributed by atoms with Gasteiger partial charge in [-0.3, -0.25) is 4.79 Å². The van der Waals surface area contributed by atoms with Crippen molar-refractivity contribution < 1.29 is 13.2 Å². The second-order valence-corrected chi connectivity index (χ2v) is 10.2. The molecule has 1 unspecified atom stereocenters. The molecule has 1 aliphatic rings. The highest BCUT2D eigenvalue weighted by molar-refractivity contribution is 7.89. The van der Waals surface area contributed by atoms with Gasteiger partial charge in [-0.25, -0.2) is 8.42 Å². The largest absolute Gasteiger partial charge is 0.349 e. The monoisotopic (exact) mass is 453 g/mol. The van der Waals surface area contributed by atoms with E-state index in [1.165, 1.54) is 16.4 Å². The average Bonchev–Trinajstić information content (AvgIpc) is 2.84. The molecule has 0 aromatic heterocycles. The summed E-state index contributed by atoms with van der Waals surface area (Å²) in [4.78, 5) is 13.2. The summed E-state index contributed by atoms with van der Waals surface area (Å²) in [6.45, 7) is 4.81. The molecule has 1 amide bonds. The lowest BCUT2D eigenvalue weighted by molar-refractivity contribution is -0.127. The predicted octanol–water partition coefficient (Wildman–Crippen LogP) is 4.25. The van der Waals surface area contributed by atoms with Crippen molar-refractivity contribution in [3.8, 4) is 6.07 Å². The summed E-state index contributed by atoms with van der Waals surface area (Å²) in [5, 5.41) is 12.5. The molecule has 0 spiro atoms. The molecule has 1 N–H and O–H groups in total. The van der Waals surface area contributed by atoms with Crippen LogP contribution in [0.4, 0.5) is 0 Å². The number of piperidine rings is 1. The first kappa shape index (κ1) is 24.0. The number of nitrogens with one attached hydrogen (secondary N) is 1. The van der Waals surface area contributed by atoms with Crippen molar-refractivity contribution >= 4 is 15.9 Å². The number of benzene rings is 2. The van der Waals surface area contributed by atoms with Gasteiger partial charge >= 0.3 is 0 Å². The lowest BCUT2D eigenvalue weighted by Gasteiger charge is -2.33. The topological polar surface area (TPSA) is 90.3 Å². The van der Waals surface area contributed by atoms with E-state index < -0.39 is 10.0 Å². The quantitative estimate of drug-likeness (QED) is 0.647. The lowest BCUT2D eigenvalue weighted by atomic mass is 9.87. The lowest BCUT2D eigenvalue weighted by Crippen LogP contribution is -2.44. The van der Waals surface area contributed by atoms with Crippen LogP contribution >= 0.6 is 0 Å². The zero-order chi connectivity index (χ0) is 23.1. The van der Waals surface area contributed by atoms with Gasteiger partial charge in [0, 0.05) is 19.0 Å². The Morgan fingerprint density at radius 2 is 1.66 bits per heavy atom. The van der Waals surface area contributed by atoms with Gasteiger partial charge in [-0.15, -0.1) is 0 Å². The molecular weight excluding hydrogens is 422 g/mol. The van der Waals surface area contributed by atoms with Crippen LogP contribution in [-0.4, -0.2) is 31.7 Å². The first-order chi connectivity index (χ1) is 15.4. The number of amides is 1. The molecule has 2 aromatic carbocycles. The highest BCUT2D eigenvalue weighted by Gasteiger charge is 2.34. The fourth-order valence-electron chi connectivity index (χ4n) is 4.45.